The monoisotopic (exact) mass is 292 g/mol. The van der Waals surface area contributed by atoms with Crippen LogP contribution >= 0.6 is 12.4 Å². The molecule has 0 saturated carbocycles. The number of urea groups is 1. The number of nitrogens with two attached hydrogens (primary N) is 1. The van der Waals surface area contributed by atoms with Gasteiger partial charge in [0.05, 0.1) is 0 Å². The molecule has 19 heavy (non-hydrogen) atoms. The van der Waals surface area contributed by atoms with Gasteiger partial charge in [-0.15, -0.1) is 12.4 Å². The summed E-state index contributed by atoms with van der Waals surface area (Å²) in [6.45, 7) is 4.73. The number of nitrogens with zero attached hydrogens (tertiary/aromatic N) is 1. The Morgan fingerprint density at radius 2 is 1.95 bits per heavy atom. The number of rotatable bonds is 4. The Bertz CT molecular complexity index is 291. The molecule has 0 spiro atoms. The summed E-state index contributed by atoms with van der Waals surface area (Å²) in [5.74, 6) is 0.365. The third-order valence-electron chi connectivity index (χ3n) is 3.51. The van der Waals surface area contributed by atoms with E-state index >= 15 is 0 Å². The summed E-state index contributed by atoms with van der Waals surface area (Å²) in [7, 11) is 1.49. The zero-order valence-corrected chi connectivity index (χ0v) is 12.5. The quantitative estimate of drug-likeness (QED) is 0.696. The Balaban J connectivity index is 0.00000324. The summed E-state index contributed by atoms with van der Waals surface area (Å²) in [4.78, 5) is 24.6. The van der Waals surface area contributed by atoms with Gasteiger partial charge in [0, 0.05) is 26.1 Å². The molecule has 1 saturated heterocycles. The van der Waals surface area contributed by atoms with Crippen molar-refractivity contribution in [1.29, 1.82) is 0 Å². The topological polar surface area (TPSA) is 87.5 Å². The Kier molecular flexibility index (Phi) is 8.71. The zero-order chi connectivity index (χ0) is 13.5. The number of piperidine rings is 1. The first-order valence-corrected chi connectivity index (χ1v) is 6.52. The van der Waals surface area contributed by atoms with Gasteiger partial charge in [0.25, 0.3) is 0 Å². The molecule has 1 aliphatic heterocycles. The average Bonchev–Trinajstić information content (AvgIpc) is 2.36. The van der Waals surface area contributed by atoms with Gasteiger partial charge in [-0.25, -0.2) is 4.79 Å². The lowest BCUT2D eigenvalue weighted by Crippen LogP contribution is -2.42. The van der Waals surface area contributed by atoms with Crippen molar-refractivity contribution in [2.75, 3.05) is 26.7 Å². The largest absolute Gasteiger partial charge is 0.341 e. The van der Waals surface area contributed by atoms with Crippen molar-refractivity contribution in [3.8, 4) is 0 Å². The molecular weight excluding hydrogens is 268 g/mol. The first-order chi connectivity index (χ1) is 8.52. The molecule has 1 rings (SSSR count). The minimum absolute atomic E-state index is 0. The van der Waals surface area contributed by atoms with E-state index in [0.29, 0.717) is 18.9 Å². The van der Waals surface area contributed by atoms with Crippen molar-refractivity contribution in [3.05, 3.63) is 0 Å². The molecule has 4 N–H and O–H groups in total. The fourth-order valence-electron chi connectivity index (χ4n) is 2.21. The van der Waals surface area contributed by atoms with E-state index < -0.39 is 6.03 Å². The van der Waals surface area contributed by atoms with Crippen molar-refractivity contribution in [2.45, 2.75) is 32.2 Å². The molecule has 0 radical (unpaired) electrons. The summed E-state index contributed by atoms with van der Waals surface area (Å²) in [5, 5.41) is 4.61. The number of halogens is 1. The molecule has 112 valence electrons. The highest BCUT2D eigenvalue weighted by Crippen LogP contribution is 2.19. The third kappa shape index (κ3) is 6.75. The number of carbonyl (C=O) groups excluding carboxylic acids is 2. The Labute approximate surface area is 120 Å². The zero-order valence-electron chi connectivity index (χ0n) is 11.6. The second-order valence-corrected chi connectivity index (χ2v) is 4.92. The molecule has 6 nitrogen and oxygen atoms in total. The van der Waals surface area contributed by atoms with Crippen LogP contribution in [0.5, 0.6) is 0 Å². The number of carbonyl (C=O) groups is 2. The van der Waals surface area contributed by atoms with Gasteiger partial charge in [-0.1, -0.05) is 0 Å². The van der Waals surface area contributed by atoms with Crippen LogP contribution in [-0.4, -0.2) is 49.6 Å². The van der Waals surface area contributed by atoms with Crippen LogP contribution in [0.15, 0.2) is 0 Å². The van der Waals surface area contributed by atoms with E-state index in [-0.39, 0.29) is 24.4 Å². The van der Waals surface area contributed by atoms with E-state index in [2.05, 4.69) is 22.5 Å². The molecule has 1 aliphatic rings. The van der Waals surface area contributed by atoms with E-state index in [0.717, 1.165) is 25.9 Å². The molecule has 0 aliphatic carbocycles. The number of hydrogen-bond acceptors (Lipinski definition) is 4. The smallest absolute Gasteiger partial charge is 0.321 e. The van der Waals surface area contributed by atoms with Crippen molar-refractivity contribution in [1.82, 2.24) is 15.5 Å². The molecule has 0 bridgehead atoms. The number of hydrogen-bond donors (Lipinski definition) is 3. The molecule has 0 aromatic heterocycles. The SMILES string of the molecule is CNC(=O)NC(=O)CCN1CCC(C(C)N)CC1.Cl. The lowest BCUT2D eigenvalue weighted by molar-refractivity contribution is -0.120. The van der Waals surface area contributed by atoms with Crippen LogP contribution < -0.4 is 16.4 Å². The Hall–Kier alpha value is -0.850. The first-order valence-electron chi connectivity index (χ1n) is 6.52. The van der Waals surface area contributed by atoms with Crippen LogP contribution in [0.3, 0.4) is 0 Å². The van der Waals surface area contributed by atoms with Crippen LogP contribution in [0.1, 0.15) is 26.2 Å². The van der Waals surface area contributed by atoms with Gasteiger partial charge in [-0.2, -0.15) is 0 Å². The molecule has 0 aromatic carbocycles. The van der Waals surface area contributed by atoms with Gasteiger partial charge < -0.3 is 16.0 Å². The summed E-state index contributed by atoms with van der Waals surface area (Å²) in [5.41, 5.74) is 5.88. The fourth-order valence-corrected chi connectivity index (χ4v) is 2.21. The molecule has 7 heteroatoms. The highest BCUT2D eigenvalue weighted by atomic mass is 35.5. The van der Waals surface area contributed by atoms with Crippen molar-refractivity contribution >= 4 is 24.3 Å². The van der Waals surface area contributed by atoms with E-state index in [4.69, 9.17) is 5.73 Å². The number of amides is 3. The van der Waals surface area contributed by atoms with Crippen LogP contribution in [0.2, 0.25) is 0 Å². The number of nitrogens with one attached hydrogen (secondary N) is 2. The molecular formula is C12H25ClN4O2. The lowest BCUT2D eigenvalue weighted by atomic mass is 9.91. The van der Waals surface area contributed by atoms with Gasteiger partial charge in [-0.05, 0) is 38.8 Å². The second kappa shape index (κ2) is 9.12. The standard InChI is InChI=1S/C12H24N4O2.ClH/c1-9(13)10-3-6-16(7-4-10)8-5-11(17)15-12(18)14-2;/h9-10H,3-8,13H2,1-2H3,(H2,14,15,17,18);1H. The second-order valence-electron chi connectivity index (χ2n) is 4.92. The fraction of sp³-hybridized carbons (Fsp3) is 0.833. The third-order valence-corrected chi connectivity index (χ3v) is 3.51. The number of imide groups is 1. The van der Waals surface area contributed by atoms with Crippen molar-refractivity contribution in [2.24, 2.45) is 11.7 Å². The van der Waals surface area contributed by atoms with Crippen molar-refractivity contribution in [3.63, 3.8) is 0 Å². The van der Waals surface area contributed by atoms with Crippen LogP contribution in [0.25, 0.3) is 0 Å². The lowest BCUT2D eigenvalue weighted by Gasteiger charge is -2.33. The van der Waals surface area contributed by atoms with Crippen LogP contribution in [0.4, 0.5) is 4.79 Å². The molecule has 1 unspecified atom stereocenters. The molecule has 0 aromatic rings. The molecule has 1 atom stereocenters. The van der Waals surface area contributed by atoms with Crippen LogP contribution in [-0.2, 0) is 4.79 Å². The minimum Gasteiger partial charge on any atom is -0.341 e. The Morgan fingerprint density at radius 1 is 1.37 bits per heavy atom. The van der Waals surface area contributed by atoms with E-state index in [9.17, 15) is 9.59 Å². The van der Waals surface area contributed by atoms with E-state index in [1.165, 1.54) is 7.05 Å². The van der Waals surface area contributed by atoms with Crippen molar-refractivity contribution < 1.29 is 9.59 Å². The summed E-state index contributed by atoms with van der Waals surface area (Å²) >= 11 is 0. The average molecular weight is 293 g/mol. The first kappa shape index (κ1) is 18.1. The predicted molar refractivity (Wildman–Crippen MR) is 77.3 cm³/mol. The summed E-state index contributed by atoms with van der Waals surface area (Å²) in [6, 6.07) is -0.195. The van der Waals surface area contributed by atoms with Crippen LogP contribution in [0, 0.1) is 5.92 Å². The maximum Gasteiger partial charge on any atom is 0.321 e. The highest BCUT2D eigenvalue weighted by Gasteiger charge is 2.22. The normalized spacial score (nSPS) is 18.3. The van der Waals surface area contributed by atoms with E-state index in [1.54, 1.807) is 0 Å². The van der Waals surface area contributed by atoms with Gasteiger partial charge in [0.15, 0.2) is 0 Å². The maximum atomic E-state index is 11.4. The maximum absolute atomic E-state index is 11.4. The van der Waals surface area contributed by atoms with E-state index in [1.807, 2.05) is 0 Å². The summed E-state index contributed by atoms with van der Waals surface area (Å²) < 4.78 is 0. The van der Waals surface area contributed by atoms with Gasteiger partial charge in [-0.3, -0.25) is 10.1 Å². The van der Waals surface area contributed by atoms with Gasteiger partial charge in [0.2, 0.25) is 5.91 Å². The molecule has 1 heterocycles. The predicted octanol–water partition coefficient (Wildman–Crippen LogP) is 0.313. The minimum atomic E-state index is -0.448. The van der Waals surface area contributed by atoms with Gasteiger partial charge in [0.1, 0.15) is 0 Å². The molecule has 1 fully saturated rings. The van der Waals surface area contributed by atoms with Gasteiger partial charge >= 0.3 is 6.03 Å². The molecule has 3 amide bonds. The number of likely N-dealkylation sites (tertiary alicyclic amines) is 1. The Morgan fingerprint density at radius 3 is 2.42 bits per heavy atom. The highest BCUT2D eigenvalue weighted by molar-refractivity contribution is 5.94. The summed E-state index contributed by atoms with van der Waals surface area (Å²) in [6.07, 6.45) is 2.54.